The number of carbonyl (C=O) groups excluding carboxylic acids is 2. The predicted molar refractivity (Wildman–Crippen MR) is 85.7 cm³/mol. The van der Waals surface area contributed by atoms with E-state index >= 15 is 0 Å². The molecule has 23 heavy (non-hydrogen) atoms. The topological polar surface area (TPSA) is 64.6 Å². The van der Waals surface area contributed by atoms with Gasteiger partial charge in [-0.25, -0.2) is 4.79 Å². The van der Waals surface area contributed by atoms with Gasteiger partial charge in [-0.3, -0.25) is 4.79 Å². The van der Waals surface area contributed by atoms with Crippen LogP contribution in [0.4, 0.5) is 5.69 Å². The molecule has 0 saturated carbocycles. The second kappa shape index (κ2) is 6.12. The number of nitrogens with one attached hydrogen (secondary N) is 1. The molecule has 2 atom stereocenters. The molecule has 2 aromatic carbocycles. The Kier molecular flexibility index (Phi) is 4.02. The highest BCUT2D eigenvalue weighted by molar-refractivity contribution is 5.96. The summed E-state index contributed by atoms with van der Waals surface area (Å²) in [5.74, 6) is 0.0848. The number of benzene rings is 2. The van der Waals surface area contributed by atoms with Crippen molar-refractivity contribution in [3.8, 4) is 5.75 Å². The van der Waals surface area contributed by atoms with Crippen molar-refractivity contribution in [3.63, 3.8) is 0 Å². The third-order valence-corrected chi connectivity index (χ3v) is 3.87. The molecule has 1 aliphatic heterocycles. The second-order valence-electron chi connectivity index (χ2n) is 5.37. The number of ketones is 1. The zero-order valence-electron chi connectivity index (χ0n) is 12.9. The average Bonchev–Trinajstić information content (AvgIpc) is 2.57. The number of rotatable bonds is 4. The van der Waals surface area contributed by atoms with Crippen molar-refractivity contribution in [2.45, 2.75) is 19.1 Å². The van der Waals surface area contributed by atoms with E-state index in [-0.39, 0.29) is 5.78 Å². The van der Waals surface area contributed by atoms with Gasteiger partial charge >= 0.3 is 5.97 Å². The molecule has 1 aliphatic rings. The Morgan fingerprint density at radius 2 is 1.83 bits per heavy atom. The lowest BCUT2D eigenvalue weighted by atomic mass is 9.91. The fourth-order valence-electron chi connectivity index (χ4n) is 2.70. The highest BCUT2D eigenvalue weighted by Crippen LogP contribution is 2.33. The lowest BCUT2D eigenvalue weighted by molar-refractivity contribution is -0.126. The summed E-state index contributed by atoms with van der Waals surface area (Å²) in [6.45, 7) is 1.43. The minimum Gasteiger partial charge on any atom is -0.497 e. The van der Waals surface area contributed by atoms with E-state index in [9.17, 15) is 9.59 Å². The monoisotopic (exact) mass is 311 g/mol. The normalized spacial score (nSPS) is 19.5. The quantitative estimate of drug-likeness (QED) is 0.879. The van der Waals surface area contributed by atoms with E-state index in [0.717, 1.165) is 17.0 Å². The Balaban J connectivity index is 1.97. The first-order chi connectivity index (χ1) is 11.1. The van der Waals surface area contributed by atoms with Crippen LogP contribution in [0.15, 0.2) is 48.5 Å². The van der Waals surface area contributed by atoms with Gasteiger partial charge in [0, 0.05) is 5.69 Å². The minimum absolute atomic E-state index is 0.195. The number of hydrogen-bond acceptors (Lipinski definition) is 5. The highest BCUT2D eigenvalue weighted by atomic mass is 16.5. The van der Waals surface area contributed by atoms with Crippen LogP contribution in [0.5, 0.6) is 5.75 Å². The summed E-state index contributed by atoms with van der Waals surface area (Å²) >= 11 is 0. The standard InChI is InChI=1S/C18H17NO4/c1-11(20)17-16(19-12-7-9-13(22-2)10-8-12)14-5-3-4-6-15(14)18(21)23-17/h3-10,16-17,19H,1-2H3/t16-,17-/m0/s1. The first-order valence-corrected chi connectivity index (χ1v) is 7.31. The smallest absolute Gasteiger partial charge is 0.339 e. The van der Waals surface area contributed by atoms with Crippen LogP contribution in [0.2, 0.25) is 0 Å². The molecule has 5 heteroatoms. The number of ether oxygens (including phenoxy) is 2. The second-order valence-corrected chi connectivity index (χ2v) is 5.37. The largest absolute Gasteiger partial charge is 0.497 e. The molecule has 0 amide bonds. The van der Waals surface area contributed by atoms with E-state index in [1.54, 1.807) is 19.2 Å². The van der Waals surface area contributed by atoms with Gasteiger partial charge in [0.25, 0.3) is 0 Å². The molecule has 0 spiro atoms. The molecule has 3 rings (SSSR count). The predicted octanol–water partition coefficient (Wildman–Crippen LogP) is 2.98. The van der Waals surface area contributed by atoms with Crippen LogP contribution in [0, 0.1) is 0 Å². The Morgan fingerprint density at radius 1 is 1.13 bits per heavy atom. The number of carbonyl (C=O) groups is 2. The van der Waals surface area contributed by atoms with Gasteiger partial charge in [0.1, 0.15) is 5.75 Å². The lowest BCUT2D eigenvalue weighted by Gasteiger charge is -2.32. The van der Waals surface area contributed by atoms with Crippen molar-refractivity contribution in [1.29, 1.82) is 0 Å². The number of esters is 1. The third kappa shape index (κ3) is 2.90. The van der Waals surface area contributed by atoms with Crippen LogP contribution >= 0.6 is 0 Å². The Labute approximate surface area is 134 Å². The molecule has 0 saturated heterocycles. The van der Waals surface area contributed by atoms with E-state index in [1.807, 2.05) is 36.4 Å². The molecule has 0 aromatic heterocycles. The molecule has 0 aliphatic carbocycles. The number of hydrogen-bond donors (Lipinski definition) is 1. The van der Waals surface area contributed by atoms with Gasteiger partial charge in [0.15, 0.2) is 11.9 Å². The van der Waals surface area contributed by atoms with Crippen molar-refractivity contribution in [2.75, 3.05) is 12.4 Å². The van der Waals surface area contributed by atoms with E-state index in [2.05, 4.69) is 5.32 Å². The van der Waals surface area contributed by atoms with Gasteiger partial charge in [-0.1, -0.05) is 18.2 Å². The molecule has 1 N–H and O–H groups in total. The Morgan fingerprint density at radius 3 is 2.48 bits per heavy atom. The van der Waals surface area contributed by atoms with Crippen LogP contribution < -0.4 is 10.1 Å². The maximum atomic E-state index is 12.1. The molecule has 2 aromatic rings. The maximum Gasteiger partial charge on any atom is 0.339 e. The van der Waals surface area contributed by atoms with Crippen molar-refractivity contribution in [3.05, 3.63) is 59.7 Å². The van der Waals surface area contributed by atoms with Crippen LogP contribution in [0.25, 0.3) is 0 Å². The molecule has 118 valence electrons. The highest BCUT2D eigenvalue weighted by Gasteiger charge is 2.38. The van der Waals surface area contributed by atoms with Gasteiger partial charge < -0.3 is 14.8 Å². The van der Waals surface area contributed by atoms with E-state index in [0.29, 0.717) is 5.56 Å². The summed E-state index contributed by atoms with van der Waals surface area (Å²) in [5, 5.41) is 3.29. The third-order valence-electron chi connectivity index (χ3n) is 3.87. The van der Waals surface area contributed by atoms with E-state index in [1.165, 1.54) is 6.92 Å². The maximum absolute atomic E-state index is 12.1. The van der Waals surface area contributed by atoms with Crippen LogP contribution in [0.3, 0.4) is 0 Å². The average molecular weight is 311 g/mol. The number of fused-ring (bicyclic) bond motifs is 1. The minimum atomic E-state index is -0.848. The van der Waals surface area contributed by atoms with E-state index < -0.39 is 18.1 Å². The molecule has 0 bridgehead atoms. The molecular formula is C18H17NO4. The zero-order valence-corrected chi connectivity index (χ0v) is 12.9. The summed E-state index contributed by atoms with van der Waals surface area (Å²) in [6, 6.07) is 14.1. The van der Waals surface area contributed by atoms with Crippen molar-refractivity contribution < 1.29 is 19.1 Å². The zero-order chi connectivity index (χ0) is 16.4. The Hall–Kier alpha value is -2.82. The van der Waals surface area contributed by atoms with Gasteiger partial charge in [-0.05, 0) is 42.8 Å². The van der Waals surface area contributed by atoms with E-state index in [4.69, 9.17) is 9.47 Å². The summed E-state index contributed by atoms with van der Waals surface area (Å²) in [4.78, 5) is 24.0. The molecule has 0 unspecified atom stereocenters. The summed E-state index contributed by atoms with van der Waals surface area (Å²) in [7, 11) is 1.60. The van der Waals surface area contributed by atoms with Gasteiger partial charge in [-0.15, -0.1) is 0 Å². The molecule has 0 radical (unpaired) electrons. The molecule has 5 nitrogen and oxygen atoms in total. The number of methoxy groups -OCH3 is 1. The van der Waals surface area contributed by atoms with Crippen molar-refractivity contribution in [1.82, 2.24) is 0 Å². The SMILES string of the molecule is COc1ccc(N[C@H]2c3ccccc3C(=O)O[C@H]2C(C)=O)cc1. The van der Waals surface area contributed by atoms with Gasteiger partial charge in [0.05, 0.1) is 18.7 Å². The number of cyclic esters (lactones) is 1. The van der Waals surface area contributed by atoms with Crippen LogP contribution in [0.1, 0.15) is 28.9 Å². The first kappa shape index (κ1) is 15.1. The number of Topliss-reactive ketones (excluding diaryl/α,β-unsaturated/α-hetero) is 1. The van der Waals surface area contributed by atoms with Gasteiger partial charge in [-0.2, -0.15) is 0 Å². The lowest BCUT2D eigenvalue weighted by Crippen LogP contribution is -2.40. The van der Waals surface area contributed by atoms with Crippen molar-refractivity contribution in [2.24, 2.45) is 0 Å². The fraction of sp³-hybridized carbons (Fsp3) is 0.222. The van der Waals surface area contributed by atoms with Crippen LogP contribution in [-0.2, 0) is 9.53 Å². The molecule has 1 heterocycles. The molecule has 0 fully saturated rings. The summed E-state index contributed by atoms with van der Waals surface area (Å²) in [5.41, 5.74) is 2.06. The van der Waals surface area contributed by atoms with Gasteiger partial charge in [0.2, 0.25) is 0 Å². The fourth-order valence-corrected chi connectivity index (χ4v) is 2.70. The number of anilines is 1. The molecular weight excluding hydrogens is 294 g/mol. The summed E-state index contributed by atoms with van der Waals surface area (Å²) in [6.07, 6.45) is -0.848. The summed E-state index contributed by atoms with van der Waals surface area (Å²) < 4.78 is 10.5. The van der Waals surface area contributed by atoms with Crippen LogP contribution in [-0.4, -0.2) is 25.0 Å². The Bertz CT molecular complexity index is 739. The first-order valence-electron chi connectivity index (χ1n) is 7.31. The van der Waals surface area contributed by atoms with Crippen molar-refractivity contribution >= 4 is 17.4 Å².